The van der Waals surface area contributed by atoms with Gasteiger partial charge in [0.1, 0.15) is 0 Å². The van der Waals surface area contributed by atoms with Crippen molar-refractivity contribution >= 4 is 5.78 Å². The Morgan fingerprint density at radius 1 is 1.50 bits per heavy atom. The zero-order valence-electron chi connectivity index (χ0n) is 9.42. The minimum absolute atomic E-state index is 0.0184. The lowest BCUT2D eigenvalue weighted by Crippen LogP contribution is -2.23. The largest absolute Gasteiger partial charge is 0.290 e. The Balaban J connectivity index is 3.14. The van der Waals surface area contributed by atoms with E-state index >= 15 is 0 Å². The second-order valence-corrected chi connectivity index (χ2v) is 4.41. The molecule has 0 heterocycles. The van der Waals surface area contributed by atoms with Crippen LogP contribution in [-0.2, 0) is 4.79 Å². The fraction of sp³-hybridized carbons (Fsp3) is 0.462. The van der Waals surface area contributed by atoms with Crippen LogP contribution in [0.3, 0.4) is 0 Å². The third-order valence-corrected chi connectivity index (χ3v) is 2.63. The van der Waals surface area contributed by atoms with E-state index in [1.807, 2.05) is 19.9 Å². The quantitative estimate of drug-likeness (QED) is 0.610. The molecule has 0 aromatic rings. The first-order chi connectivity index (χ1) is 6.49. The molecule has 0 fully saturated rings. The maximum absolute atomic E-state index is 11.8. The Morgan fingerprint density at radius 3 is 2.64 bits per heavy atom. The number of hydrogen-bond donors (Lipinski definition) is 0. The summed E-state index contributed by atoms with van der Waals surface area (Å²) in [6, 6.07) is 0. The monoisotopic (exact) mass is 190 g/mol. The van der Waals surface area contributed by atoms with Crippen molar-refractivity contribution in [3.63, 3.8) is 0 Å². The first kappa shape index (κ1) is 11.0. The van der Waals surface area contributed by atoms with Crippen molar-refractivity contribution in [2.75, 3.05) is 0 Å². The predicted octanol–water partition coefficient (Wildman–Crippen LogP) is 3.43. The fourth-order valence-corrected chi connectivity index (χ4v) is 2.01. The van der Waals surface area contributed by atoms with Crippen LogP contribution in [-0.4, -0.2) is 5.78 Å². The van der Waals surface area contributed by atoms with Gasteiger partial charge in [-0.15, -0.1) is 0 Å². The van der Waals surface area contributed by atoms with Gasteiger partial charge in [0.05, 0.1) is 0 Å². The third-order valence-electron chi connectivity index (χ3n) is 2.63. The molecule has 0 spiro atoms. The highest BCUT2D eigenvalue weighted by Crippen LogP contribution is 2.37. The average molecular weight is 190 g/mol. The second-order valence-electron chi connectivity index (χ2n) is 4.41. The summed E-state index contributed by atoms with van der Waals surface area (Å²) < 4.78 is 0. The molecule has 0 saturated carbocycles. The van der Waals surface area contributed by atoms with Gasteiger partial charge in [0.15, 0.2) is 5.78 Å². The van der Waals surface area contributed by atoms with E-state index in [9.17, 15) is 4.79 Å². The number of rotatable bonds is 2. The molecule has 1 aliphatic carbocycles. The van der Waals surface area contributed by atoms with Gasteiger partial charge in [0.2, 0.25) is 0 Å². The third kappa shape index (κ3) is 2.03. The molecule has 0 radical (unpaired) electrons. The van der Waals surface area contributed by atoms with Gasteiger partial charge >= 0.3 is 0 Å². The Kier molecular flexibility index (Phi) is 3.10. The number of ketones is 1. The first-order valence-corrected chi connectivity index (χ1v) is 5.04. The molecule has 0 atom stereocenters. The predicted molar refractivity (Wildman–Crippen MR) is 60.1 cm³/mol. The minimum atomic E-state index is -0.0184. The average Bonchev–Trinajstić information content (AvgIpc) is 2.02. The van der Waals surface area contributed by atoms with Crippen LogP contribution in [0.25, 0.3) is 0 Å². The van der Waals surface area contributed by atoms with Crippen molar-refractivity contribution in [1.29, 1.82) is 0 Å². The van der Waals surface area contributed by atoms with Gasteiger partial charge in [-0.3, -0.25) is 4.79 Å². The standard InChI is InChI=1S/C13H18O/c1-5-7-11(14)12-10(2)8-6-9-13(12,3)4/h5-8H,9H2,1-4H3/b7-5-. The molecule has 14 heavy (non-hydrogen) atoms. The number of carbonyl (C=O) groups excluding carboxylic acids is 1. The van der Waals surface area contributed by atoms with E-state index in [1.165, 1.54) is 0 Å². The van der Waals surface area contributed by atoms with Crippen LogP contribution in [0.15, 0.2) is 35.5 Å². The summed E-state index contributed by atoms with van der Waals surface area (Å²) in [5, 5.41) is 0. The lowest BCUT2D eigenvalue weighted by molar-refractivity contribution is -0.112. The van der Waals surface area contributed by atoms with Crippen LogP contribution in [0.1, 0.15) is 34.1 Å². The van der Waals surface area contributed by atoms with Gasteiger partial charge in [-0.1, -0.05) is 32.1 Å². The molecule has 1 nitrogen and oxygen atoms in total. The highest BCUT2D eigenvalue weighted by Gasteiger charge is 2.29. The minimum Gasteiger partial charge on any atom is -0.290 e. The fourth-order valence-electron chi connectivity index (χ4n) is 2.01. The van der Waals surface area contributed by atoms with E-state index < -0.39 is 0 Å². The van der Waals surface area contributed by atoms with Crippen molar-refractivity contribution < 1.29 is 4.79 Å². The maximum Gasteiger partial charge on any atom is 0.182 e. The van der Waals surface area contributed by atoms with Crippen molar-refractivity contribution in [3.05, 3.63) is 35.5 Å². The van der Waals surface area contributed by atoms with Crippen LogP contribution in [0.2, 0.25) is 0 Å². The molecule has 0 aliphatic heterocycles. The van der Waals surface area contributed by atoms with Crippen molar-refractivity contribution in [1.82, 2.24) is 0 Å². The Hall–Kier alpha value is -1.11. The zero-order chi connectivity index (χ0) is 10.8. The topological polar surface area (TPSA) is 17.1 Å². The smallest absolute Gasteiger partial charge is 0.182 e. The molecule has 76 valence electrons. The molecule has 1 aliphatic rings. The first-order valence-electron chi connectivity index (χ1n) is 5.04. The van der Waals surface area contributed by atoms with Crippen LogP contribution in [0.4, 0.5) is 0 Å². The van der Waals surface area contributed by atoms with E-state index in [-0.39, 0.29) is 11.2 Å². The summed E-state index contributed by atoms with van der Waals surface area (Å²) in [5.74, 6) is 0.152. The molecule has 1 heteroatoms. The van der Waals surface area contributed by atoms with Crippen molar-refractivity contribution in [2.45, 2.75) is 34.1 Å². The summed E-state index contributed by atoms with van der Waals surface area (Å²) in [5.41, 5.74) is 2.04. The molecule has 0 unspecified atom stereocenters. The second kappa shape index (κ2) is 3.95. The molecule has 0 aromatic carbocycles. The van der Waals surface area contributed by atoms with E-state index in [0.29, 0.717) is 0 Å². The molecule has 0 amide bonds. The number of allylic oxidation sites excluding steroid dienone is 6. The van der Waals surface area contributed by atoms with Crippen LogP contribution < -0.4 is 0 Å². The van der Waals surface area contributed by atoms with Crippen molar-refractivity contribution in [2.24, 2.45) is 5.41 Å². The Labute approximate surface area is 86.2 Å². The van der Waals surface area contributed by atoms with Gasteiger partial charge < -0.3 is 0 Å². The molecule has 0 bridgehead atoms. The molecule has 0 N–H and O–H groups in total. The number of hydrogen-bond acceptors (Lipinski definition) is 1. The maximum atomic E-state index is 11.8. The molecule has 1 rings (SSSR count). The summed E-state index contributed by atoms with van der Waals surface area (Å²) in [4.78, 5) is 11.8. The highest BCUT2D eigenvalue weighted by atomic mass is 16.1. The Bertz CT molecular complexity index is 327. The van der Waals surface area contributed by atoms with Crippen molar-refractivity contribution in [3.8, 4) is 0 Å². The van der Waals surface area contributed by atoms with Gasteiger partial charge in [-0.25, -0.2) is 0 Å². The summed E-state index contributed by atoms with van der Waals surface area (Å²) in [6.07, 6.45) is 8.59. The summed E-state index contributed by atoms with van der Waals surface area (Å²) in [6.45, 7) is 8.13. The van der Waals surface area contributed by atoms with Gasteiger partial charge in [-0.2, -0.15) is 0 Å². The van der Waals surface area contributed by atoms with E-state index in [0.717, 1.165) is 17.6 Å². The lowest BCUT2D eigenvalue weighted by Gasteiger charge is -2.29. The van der Waals surface area contributed by atoms with E-state index in [1.54, 1.807) is 12.2 Å². The molecular weight excluding hydrogens is 172 g/mol. The number of carbonyl (C=O) groups is 1. The van der Waals surface area contributed by atoms with Crippen LogP contribution >= 0.6 is 0 Å². The SMILES string of the molecule is C/C=C\C(=O)C1=C(C)C=CCC1(C)C. The Morgan fingerprint density at radius 2 is 2.14 bits per heavy atom. The van der Waals surface area contributed by atoms with E-state index in [2.05, 4.69) is 19.9 Å². The van der Waals surface area contributed by atoms with Crippen LogP contribution in [0, 0.1) is 5.41 Å². The van der Waals surface area contributed by atoms with Gasteiger partial charge in [0, 0.05) is 5.57 Å². The van der Waals surface area contributed by atoms with Gasteiger partial charge in [0.25, 0.3) is 0 Å². The van der Waals surface area contributed by atoms with Gasteiger partial charge in [-0.05, 0) is 37.3 Å². The summed E-state index contributed by atoms with van der Waals surface area (Å²) >= 11 is 0. The molecule has 0 aromatic heterocycles. The molecular formula is C13H18O. The zero-order valence-corrected chi connectivity index (χ0v) is 9.42. The van der Waals surface area contributed by atoms with E-state index in [4.69, 9.17) is 0 Å². The molecule has 0 saturated heterocycles. The normalized spacial score (nSPS) is 20.6. The lowest BCUT2D eigenvalue weighted by atomic mass is 9.74. The highest BCUT2D eigenvalue weighted by molar-refractivity contribution is 6.05. The summed E-state index contributed by atoms with van der Waals surface area (Å²) in [7, 11) is 0. The van der Waals surface area contributed by atoms with Crippen LogP contribution in [0.5, 0.6) is 0 Å².